The summed E-state index contributed by atoms with van der Waals surface area (Å²) in [4.78, 5) is 22.0. The molecule has 0 atom stereocenters. The normalized spacial score (nSPS) is 15.2. The van der Waals surface area contributed by atoms with Crippen LogP contribution in [0.3, 0.4) is 0 Å². The highest BCUT2D eigenvalue weighted by molar-refractivity contribution is 6.26. The van der Waals surface area contributed by atoms with Crippen LogP contribution in [0.25, 0.3) is 16.5 Å². The molecule has 1 aliphatic rings. The van der Waals surface area contributed by atoms with Gasteiger partial charge in [0.25, 0.3) is 0 Å². The van der Waals surface area contributed by atoms with Crippen molar-refractivity contribution in [3.63, 3.8) is 0 Å². The lowest BCUT2D eigenvalue weighted by atomic mass is 9.93. The van der Waals surface area contributed by atoms with Gasteiger partial charge in [-0.05, 0) is 76.1 Å². The van der Waals surface area contributed by atoms with E-state index in [-0.39, 0.29) is 0 Å². The number of nitrogens with zero attached hydrogens (tertiary/aromatic N) is 4. The third-order valence-electron chi connectivity index (χ3n) is 6.35. The van der Waals surface area contributed by atoms with Crippen LogP contribution < -0.4 is 11.1 Å². The van der Waals surface area contributed by atoms with Crippen molar-refractivity contribution in [2.45, 2.75) is 67.2 Å². The van der Waals surface area contributed by atoms with Crippen LogP contribution in [0.1, 0.15) is 77.0 Å². The fourth-order valence-electron chi connectivity index (χ4n) is 4.58. The maximum absolute atomic E-state index is 6.20. The topological polar surface area (TPSA) is 103 Å². The first-order valence-electron chi connectivity index (χ1n) is 13.0. The summed E-state index contributed by atoms with van der Waals surface area (Å²) in [7, 11) is 0. The van der Waals surface area contributed by atoms with Gasteiger partial charge in [0.05, 0.1) is 12.1 Å². The first-order valence-corrected chi connectivity index (χ1v) is 13.0. The summed E-state index contributed by atoms with van der Waals surface area (Å²) in [5.74, 6) is 1.98. The van der Waals surface area contributed by atoms with E-state index in [1.807, 2.05) is 13.0 Å². The van der Waals surface area contributed by atoms with Gasteiger partial charge in [-0.15, -0.1) is 0 Å². The number of aliphatic imine (C=N–C) groups is 4. The number of anilines is 1. The number of hydrogen-bond acceptors (Lipinski definition) is 4. The molecule has 0 aliphatic carbocycles. The van der Waals surface area contributed by atoms with Crippen LogP contribution in [0.4, 0.5) is 5.82 Å². The molecule has 36 heavy (non-hydrogen) atoms. The third kappa shape index (κ3) is 6.01. The SMILES string of the molecule is C=NC(=NC(C=C(N)CCC)=NCC)c1c(NCCCC)[nH]c2cc(C3=C(C)CN=C3C)c(C)cc12. The van der Waals surface area contributed by atoms with E-state index >= 15 is 0 Å². The highest BCUT2D eigenvalue weighted by atomic mass is 15.0. The van der Waals surface area contributed by atoms with Crippen molar-refractivity contribution in [1.82, 2.24) is 4.98 Å². The molecule has 192 valence electrons. The molecule has 0 spiro atoms. The van der Waals surface area contributed by atoms with Crippen molar-refractivity contribution in [1.29, 1.82) is 0 Å². The molecule has 2 aromatic rings. The van der Waals surface area contributed by atoms with E-state index in [4.69, 9.17) is 10.7 Å². The fraction of sp³-hybridized carbons (Fsp3) is 0.448. The number of nitrogens with two attached hydrogens (primary N) is 1. The summed E-state index contributed by atoms with van der Waals surface area (Å²) in [5, 5.41) is 4.62. The zero-order valence-corrected chi connectivity index (χ0v) is 22.8. The number of aryl methyl sites for hydroxylation is 1. The predicted molar refractivity (Wildman–Crippen MR) is 158 cm³/mol. The average Bonchev–Trinajstić information content (AvgIpc) is 3.35. The average molecular weight is 488 g/mol. The second-order valence-corrected chi connectivity index (χ2v) is 9.32. The van der Waals surface area contributed by atoms with Gasteiger partial charge in [-0.3, -0.25) is 9.98 Å². The molecule has 0 amide bonds. The van der Waals surface area contributed by atoms with E-state index in [1.54, 1.807) is 0 Å². The number of rotatable bonds is 10. The van der Waals surface area contributed by atoms with Gasteiger partial charge in [-0.25, -0.2) is 9.98 Å². The lowest BCUT2D eigenvalue weighted by Crippen LogP contribution is -2.09. The van der Waals surface area contributed by atoms with Crippen molar-refractivity contribution in [3.05, 3.63) is 46.2 Å². The van der Waals surface area contributed by atoms with Crippen molar-refractivity contribution in [2.24, 2.45) is 25.7 Å². The van der Waals surface area contributed by atoms with Gasteiger partial charge in [0.2, 0.25) is 0 Å². The molecular formula is C29H41N7. The molecule has 1 aromatic heterocycles. The van der Waals surface area contributed by atoms with Crippen LogP contribution in [0.2, 0.25) is 0 Å². The van der Waals surface area contributed by atoms with Gasteiger partial charge in [0.15, 0.2) is 11.7 Å². The Balaban J connectivity index is 2.21. The summed E-state index contributed by atoms with van der Waals surface area (Å²) in [6.07, 6.45) is 5.78. The Labute approximate surface area is 215 Å². The molecule has 1 aliphatic heterocycles. The van der Waals surface area contributed by atoms with E-state index in [9.17, 15) is 0 Å². The van der Waals surface area contributed by atoms with E-state index < -0.39 is 0 Å². The molecule has 0 unspecified atom stereocenters. The van der Waals surface area contributed by atoms with Crippen LogP contribution in [-0.4, -0.2) is 48.7 Å². The zero-order chi connectivity index (χ0) is 26.2. The molecule has 0 saturated carbocycles. The number of aromatic nitrogens is 1. The molecule has 0 saturated heterocycles. The summed E-state index contributed by atoms with van der Waals surface area (Å²) in [5.41, 5.74) is 14.9. The maximum Gasteiger partial charge on any atom is 0.165 e. The summed E-state index contributed by atoms with van der Waals surface area (Å²) in [6, 6.07) is 4.44. The number of allylic oxidation sites excluding steroid dienone is 2. The van der Waals surface area contributed by atoms with E-state index in [1.165, 1.54) is 22.3 Å². The minimum Gasteiger partial charge on any atom is -0.402 e. The fourth-order valence-corrected chi connectivity index (χ4v) is 4.58. The Morgan fingerprint density at radius 1 is 1.19 bits per heavy atom. The number of hydrogen-bond donors (Lipinski definition) is 3. The van der Waals surface area contributed by atoms with Crippen LogP contribution >= 0.6 is 0 Å². The van der Waals surface area contributed by atoms with Crippen molar-refractivity contribution in [2.75, 3.05) is 25.0 Å². The maximum atomic E-state index is 6.20. The van der Waals surface area contributed by atoms with Crippen molar-refractivity contribution >= 4 is 46.4 Å². The minimum atomic E-state index is 0.522. The van der Waals surface area contributed by atoms with E-state index in [2.05, 4.69) is 78.7 Å². The number of aromatic amines is 1. The molecule has 0 bridgehead atoms. The summed E-state index contributed by atoms with van der Waals surface area (Å²) in [6.45, 7) is 18.8. The molecule has 1 aromatic carbocycles. The first-order chi connectivity index (χ1) is 17.3. The molecule has 3 rings (SSSR count). The number of unbranched alkanes of at least 4 members (excludes halogenated alkanes) is 1. The highest BCUT2D eigenvalue weighted by Crippen LogP contribution is 2.35. The Kier molecular flexibility index (Phi) is 9.39. The second kappa shape index (κ2) is 12.5. The lowest BCUT2D eigenvalue weighted by molar-refractivity contribution is 0.832. The summed E-state index contributed by atoms with van der Waals surface area (Å²) >= 11 is 0. The van der Waals surface area contributed by atoms with Gasteiger partial charge < -0.3 is 16.0 Å². The number of benzene rings is 1. The van der Waals surface area contributed by atoms with Gasteiger partial charge in [0.1, 0.15) is 5.82 Å². The van der Waals surface area contributed by atoms with Crippen LogP contribution in [0.5, 0.6) is 0 Å². The molecule has 7 nitrogen and oxygen atoms in total. The van der Waals surface area contributed by atoms with Crippen LogP contribution in [0, 0.1) is 6.92 Å². The number of amidine groups is 2. The smallest absolute Gasteiger partial charge is 0.165 e. The molecule has 4 N–H and O–H groups in total. The molecule has 7 heteroatoms. The molecule has 2 heterocycles. The van der Waals surface area contributed by atoms with Crippen molar-refractivity contribution < 1.29 is 0 Å². The minimum absolute atomic E-state index is 0.522. The van der Waals surface area contributed by atoms with Gasteiger partial charge in [0, 0.05) is 47.1 Å². The first kappa shape index (κ1) is 27.1. The Hall–Kier alpha value is -3.48. The Morgan fingerprint density at radius 2 is 1.97 bits per heavy atom. The largest absolute Gasteiger partial charge is 0.402 e. The standard InChI is InChI=1S/C29H41N7/c1-8-11-13-33-29-27(28(31-7)36-25(32-10-3)15-21(30)12-9-2)23-14-18(4)22(16-24(23)35-29)26-19(5)17-34-20(26)6/h14-16,33,35H,7-13,17,30H2,1-6H3. The number of fused-ring (bicyclic) bond motifs is 1. The molecule has 0 fully saturated rings. The molecule has 0 radical (unpaired) electrons. The number of nitrogens with one attached hydrogen (secondary N) is 2. The van der Waals surface area contributed by atoms with E-state index in [0.29, 0.717) is 18.2 Å². The third-order valence-corrected chi connectivity index (χ3v) is 6.35. The highest BCUT2D eigenvalue weighted by Gasteiger charge is 2.22. The predicted octanol–water partition coefficient (Wildman–Crippen LogP) is 6.44. The summed E-state index contributed by atoms with van der Waals surface area (Å²) < 4.78 is 0. The second-order valence-electron chi connectivity index (χ2n) is 9.32. The zero-order valence-electron chi connectivity index (χ0n) is 22.8. The van der Waals surface area contributed by atoms with E-state index in [0.717, 1.165) is 72.5 Å². The number of H-pyrrole nitrogens is 1. The molecular weight excluding hydrogens is 446 g/mol. The van der Waals surface area contributed by atoms with Crippen molar-refractivity contribution in [3.8, 4) is 0 Å². The quantitative estimate of drug-likeness (QED) is 0.204. The monoisotopic (exact) mass is 487 g/mol. The Morgan fingerprint density at radius 3 is 2.58 bits per heavy atom. The van der Waals surface area contributed by atoms with Crippen LogP contribution in [0.15, 0.2) is 49.4 Å². The van der Waals surface area contributed by atoms with Crippen LogP contribution in [-0.2, 0) is 0 Å². The lowest BCUT2D eigenvalue weighted by Gasteiger charge is -2.11. The van der Waals surface area contributed by atoms with Gasteiger partial charge >= 0.3 is 0 Å². The Bertz CT molecular complexity index is 1270. The van der Waals surface area contributed by atoms with Gasteiger partial charge in [-0.2, -0.15) is 0 Å². The van der Waals surface area contributed by atoms with Gasteiger partial charge in [-0.1, -0.05) is 26.7 Å².